The van der Waals surface area contributed by atoms with Crippen LogP contribution in [0.4, 0.5) is 5.69 Å². The Labute approximate surface area is 242 Å². The molecule has 9 nitrogen and oxygen atoms in total. The van der Waals surface area contributed by atoms with Crippen LogP contribution in [0.1, 0.15) is 36.8 Å². The summed E-state index contributed by atoms with van der Waals surface area (Å²) in [6.07, 6.45) is 4.48. The zero-order chi connectivity index (χ0) is 27.7. The molecule has 0 radical (unpaired) electrons. The number of benzene rings is 2. The van der Waals surface area contributed by atoms with E-state index in [1.54, 1.807) is 32.4 Å². The van der Waals surface area contributed by atoms with Crippen molar-refractivity contribution in [3.63, 3.8) is 0 Å². The second-order valence-corrected chi connectivity index (χ2v) is 12.0. The average Bonchev–Trinajstić information content (AvgIpc) is 2.88. The Kier molecular flexibility index (Phi) is 13.1. The van der Waals surface area contributed by atoms with Gasteiger partial charge in [0.05, 0.1) is 31.2 Å². The molecule has 218 valence electrons. The van der Waals surface area contributed by atoms with Gasteiger partial charge in [0.15, 0.2) is 0 Å². The molecule has 3 rings (SSSR count). The van der Waals surface area contributed by atoms with E-state index in [0.717, 1.165) is 44.5 Å². The van der Waals surface area contributed by atoms with E-state index in [2.05, 4.69) is 9.62 Å². The molecule has 1 heterocycles. The van der Waals surface area contributed by atoms with E-state index < -0.39 is 10.0 Å². The van der Waals surface area contributed by atoms with Gasteiger partial charge in [-0.3, -0.25) is 4.79 Å². The Hall–Kier alpha value is -2.24. The maximum Gasteiger partial charge on any atom is 0.208 e. The summed E-state index contributed by atoms with van der Waals surface area (Å²) in [6, 6.07) is 8.86. The number of hydrogen-bond donors (Lipinski definition) is 2. The van der Waals surface area contributed by atoms with E-state index in [1.807, 2.05) is 12.1 Å². The van der Waals surface area contributed by atoms with Crippen molar-refractivity contribution in [3.05, 3.63) is 46.5 Å². The van der Waals surface area contributed by atoms with E-state index in [1.165, 1.54) is 6.26 Å². The number of sulfonamides is 1. The molecule has 0 aliphatic carbocycles. The molecule has 39 heavy (non-hydrogen) atoms. The smallest absolute Gasteiger partial charge is 0.208 e. The Balaban J connectivity index is 0.00000533. The van der Waals surface area contributed by atoms with Gasteiger partial charge in [0.2, 0.25) is 10.0 Å². The number of nitrogens with zero attached hydrogens (tertiary/aromatic N) is 1. The van der Waals surface area contributed by atoms with Crippen molar-refractivity contribution in [2.45, 2.75) is 38.7 Å². The van der Waals surface area contributed by atoms with Crippen molar-refractivity contribution in [1.82, 2.24) is 9.62 Å². The number of methoxy groups -OCH3 is 2. The zero-order valence-corrected chi connectivity index (χ0v) is 25.1. The number of likely N-dealkylation sites (tertiary alicyclic amines) is 1. The number of halogens is 2. The van der Waals surface area contributed by atoms with Crippen molar-refractivity contribution >= 4 is 45.5 Å². The minimum atomic E-state index is -3.15. The van der Waals surface area contributed by atoms with Crippen LogP contribution in [0.3, 0.4) is 0 Å². The van der Waals surface area contributed by atoms with Gasteiger partial charge in [0, 0.05) is 37.1 Å². The lowest BCUT2D eigenvalue weighted by atomic mass is 9.97. The Morgan fingerprint density at radius 3 is 2.33 bits per heavy atom. The first-order chi connectivity index (χ1) is 18.1. The second kappa shape index (κ2) is 15.5. The molecule has 1 fully saturated rings. The highest BCUT2D eigenvalue weighted by molar-refractivity contribution is 7.88. The van der Waals surface area contributed by atoms with Crippen LogP contribution >= 0.6 is 24.0 Å². The number of hydrogen-bond acceptors (Lipinski definition) is 8. The molecule has 0 bridgehead atoms. The van der Waals surface area contributed by atoms with Gasteiger partial charge in [-0.05, 0) is 68.6 Å². The molecule has 1 aliphatic heterocycles. The SMILES string of the molecule is COc1cc(COc2cc(N)c(Cl)cc2CC(=O)CCCN2CCC(CNS(C)(=O)=O)CC2)cc(OC)c1.Cl. The lowest BCUT2D eigenvalue weighted by Crippen LogP contribution is -2.38. The number of nitrogens with two attached hydrogens (primary N) is 1. The molecular formula is C27H39Cl2N3O6S. The van der Waals surface area contributed by atoms with Crippen LogP contribution < -0.4 is 24.7 Å². The van der Waals surface area contributed by atoms with Gasteiger partial charge >= 0.3 is 0 Å². The maximum absolute atomic E-state index is 12.8. The van der Waals surface area contributed by atoms with E-state index in [9.17, 15) is 13.2 Å². The minimum Gasteiger partial charge on any atom is -0.497 e. The normalized spacial score (nSPS) is 14.5. The highest BCUT2D eigenvalue weighted by Crippen LogP contribution is 2.31. The molecule has 0 amide bonds. The molecule has 0 spiro atoms. The summed E-state index contributed by atoms with van der Waals surface area (Å²) in [5, 5.41) is 0.386. The maximum atomic E-state index is 12.8. The third-order valence-corrected chi connectivity index (χ3v) is 7.66. The number of ether oxygens (including phenoxy) is 3. The average molecular weight is 605 g/mol. The number of carbonyl (C=O) groups excluding carboxylic acids is 1. The van der Waals surface area contributed by atoms with Crippen LogP contribution in [0.2, 0.25) is 5.02 Å². The number of Topliss-reactive ketones (excluding diaryl/α,β-unsaturated/α-hetero) is 1. The Morgan fingerprint density at radius 1 is 1.10 bits per heavy atom. The fourth-order valence-corrected chi connectivity index (χ4v) is 5.20. The monoisotopic (exact) mass is 603 g/mol. The largest absolute Gasteiger partial charge is 0.497 e. The van der Waals surface area contributed by atoms with Crippen LogP contribution in [0.15, 0.2) is 30.3 Å². The zero-order valence-electron chi connectivity index (χ0n) is 22.7. The fourth-order valence-electron chi connectivity index (χ4n) is 4.48. The van der Waals surface area contributed by atoms with Gasteiger partial charge in [-0.2, -0.15) is 0 Å². The van der Waals surface area contributed by atoms with Crippen LogP contribution in [0, 0.1) is 5.92 Å². The minimum absolute atomic E-state index is 0. The Bertz CT molecular complexity index is 1180. The summed E-state index contributed by atoms with van der Waals surface area (Å²) in [6.45, 7) is 3.38. The highest BCUT2D eigenvalue weighted by Gasteiger charge is 2.20. The number of anilines is 1. The van der Waals surface area contributed by atoms with Crippen molar-refractivity contribution < 1.29 is 27.4 Å². The molecule has 1 saturated heterocycles. The first kappa shape index (κ1) is 33.0. The van der Waals surface area contributed by atoms with E-state index in [4.69, 9.17) is 31.5 Å². The predicted octanol–water partition coefficient (Wildman–Crippen LogP) is 4.09. The molecule has 0 atom stereocenters. The van der Waals surface area contributed by atoms with Gasteiger partial charge in [-0.25, -0.2) is 13.1 Å². The third-order valence-electron chi connectivity index (χ3n) is 6.64. The fraction of sp³-hybridized carbons (Fsp3) is 0.519. The molecule has 0 saturated carbocycles. The van der Waals surface area contributed by atoms with Gasteiger partial charge in [-0.1, -0.05) is 11.6 Å². The second-order valence-electron chi connectivity index (χ2n) is 9.72. The van der Waals surface area contributed by atoms with Crippen LogP contribution in [-0.4, -0.2) is 65.8 Å². The number of carbonyl (C=O) groups is 1. The first-order valence-corrected chi connectivity index (χ1v) is 14.9. The van der Waals surface area contributed by atoms with Gasteiger partial charge < -0.3 is 24.8 Å². The highest BCUT2D eigenvalue weighted by atomic mass is 35.5. The lowest BCUT2D eigenvalue weighted by Gasteiger charge is -2.31. The van der Waals surface area contributed by atoms with Crippen molar-refractivity contribution in [2.75, 3.05) is 52.4 Å². The number of nitrogens with one attached hydrogen (secondary N) is 1. The number of ketones is 1. The number of piperidine rings is 1. The molecule has 0 aromatic heterocycles. The van der Waals surface area contributed by atoms with E-state index >= 15 is 0 Å². The quantitative estimate of drug-likeness (QED) is 0.310. The standard InChI is InChI=1S/C27H38ClN3O6S.ClH/c1-35-23-11-20(12-24(15-23)36-2)18-37-27-16-26(29)25(28)14-21(27)13-22(32)5-4-8-31-9-6-19(7-10-31)17-30-38(3,33)34;/h11-12,14-16,19,30H,4-10,13,17-18,29H2,1-3H3;1H. The molecule has 12 heteroatoms. The summed E-state index contributed by atoms with van der Waals surface area (Å²) < 4.78 is 41.9. The number of rotatable bonds is 14. The molecule has 2 aromatic rings. The summed E-state index contributed by atoms with van der Waals surface area (Å²) in [5.74, 6) is 2.29. The summed E-state index contributed by atoms with van der Waals surface area (Å²) in [5.41, 5.74) is 7.95. The third kappa shape index (κ3) is 11.0. The number of nitrogen functional groups attached to an aromatic ring is 1. The van der Waals surface area contributed by atoms with Crippen molar-refractivity contribution in [3.8, 4) is 17.2 Å². The Morgan fingerprint density at radius 2 is 1.74 bits per heavy atom. The van der Waals surface area contributed by atoms with Gasteiger partial charge in [0.25, 0.3) is 0 Å². The van der Waals surface area contributed by atoms with Gasteiger partial charge in [-0.15, -0.1) is 12.4 Å². The molecule has 3 N–H and O–H groups in total. The predicted molar refractivity (Wildman–Crippen MR) is 157 cm³/mol. The summed E-state index contributed by atoms with van der Waals surface area (Å²) >= 11 is 6.26. The van der Waals surface area contributed by atoms with Crippen LogP contribution in [-0.2, 0) is 27.8 Å². The molecular weight excluding hydrogens is 565 g/mol. The van der Waals surface area contributed by atoms with E-state index in [0.29, 0.717) is 52.4 Å². The van der Waals surface area contributed by atoms with E-state index in [-0.39, 0.29) is 31.2 Å². The van der Waals surface area contributed by atoms with Crippen LogP contribution in [0.5, 0.6) is 17.2 Å². The first-order valence-electron chi connectivity index (χ1n) is 12.7. The molecule has 1 aliphatic rings. The molecule has 2 aromatic carbocycles. The van der Waals surface area contributed by atoms with Crippen molar-refractivity contribution in [2.24, 2.45) is 5.92 Å². The molecule has 0 unspecified atom stereocenters. The summed E-state index contributed by atoms with van der Waals surface area (Å²) in [7, 11) is 0.0217. The van der Waals surface area contributed by atoms with Crippen molar-refractivity contribution in [1.29, 1.82) is 0 Å². The van der Waals surface area contributed by atoms with Gasteiger partial charge in [0.1, 0.15) is 29.6 Å². The van der Waals surface area contributed by atoms with Crippen LogP contribution in [0.25, 0.3) is 0 Å². The summed E-state index contributed by atoms with van der Waals surface area (Å²) in [4.78, 5) is 15.2. The topological polar surface area (TPSA) is 120 Å². The lowest BCUT2D eigenvalue weighted by molar-refractivity contribution is -0.118.